The van der Waals surface area contributed by atoms with E-state index in [1.54, 1.807) is 0 Å². The number of hydrogen-bond acceptors (Lipinski definition) is 3. The smallest absolute Gasteiger partial charge is 0.248 e. The zero-order valence-corrected chi connectivity index (χ0v) is 15.0. The van der Waals surface area contributed by atoms with E-state index in [4.69, 9.17) is 0 Å². The second kappa shape index (κ2) is 7.44. The molecule has 4 rings (SSSR count). The number of anilines is 1. The molecule has 136 valence electrons. The van der Waals surface area contributed by atoms with Crippen LogP contribution in [0.25, 0.3) is 10.9 Å². The van der Waals surface area contributed by atoms with Crippen molar-refractivity contribution in [3.63, 3.8) is 0 Å². The normalized spacial score (nSPS) is 21.1. The highest BCUT2D eigenvalue weighted by atomic mass is 16.2. The number of nitrogens with one attached hydrogen (secondary N) is 1. The third kappa shape index (κ3) is 3.43. The largest absolute Gasteiger partial charge is 0.330 e. The van der Waals surface area contributed by atoms with Crippen molar-refractivity contribution in [1.82, 2.24) is 9.88 Å². The van der Waals surface area contributed by atoms with E-state index in [-0.39, 0.29) is 23.8 Å². The molecule has 0 radical (unpaired) electrons. The second-order valence-corrected chi connectivity index (χ2v) is 7.40. The van der Waals surface area contributed by atoms with Gasteiger partial charge in [-0.25, -0.2) is 4.98 Å². The van der Waals surface area contributed by atoms with Gasteiger partial charge < -0.3 is 10.2 Å². The van der Waals surface area contributed by atoms with Crippen molar-refractivity contribution in [2.24, 2.45) is 5.92 Å². The average Bonchev–Trinajstić information content (AvgIpc) is 3.18. The van der Waals surface area contributed by atoms with Gasteiger partial charge in [0.15, 0.2) is 0 Å². The van der Waals surface area contributed by atoms with Crippen molar-refractivity contribution in [2.45, 2.75) is 51.0 Å². The van der Waals surface area contributed by atoms with E-state index in [1.165, 1.54) is 6.42 Å². The molecule has 1 aromatic carbocycles. The standard InChI is InChI=1S/C21H25N3O2/c25-20(23-19-13-12-15-7-4-5-10-17(15)22-19)18-11-6-14-24(18)21(26)16-8-2-1-3-9-16/h4-5,7,10,12-13,16,18H,1-3,6,8-9,11,14H2,(H,22,23,25). The first kappa shape index (κ1) is 17.0. The van der Waals surface area contributed by atoms with Crippen molar-refractivity contribution in [1.29, 1.82) is 0 Å². The van der Waals surface area contributed by atoms with Crippen LogP contribution in [0.5, 0.6) is 0 Å². The average molecular weight is 351 g/mol. The fourth-order valence-corrected chi connectivity index (χ4v) is 4.23. The minimum atomic E-state index is -0.363. The number of carbonyl (C=O) groups is 2. The first-order valence-electron chi connectivity index (χ1n) is 9.69. The van der Waals surface area contributed by atoms with Crippen LogP contribution in [-0.4, -0.2) is 34.3 Å². The Bertz CT molecular complexity index is 814. The molecule has 0 spiro atoms. The molecule has 1 aliphatic carbocycles. The first-order chi connectivity index (χ1) is 12.7. The van der Waals surface area contributed by atoms with Crippen LogP contribution >= 0.6 is 0 Å². The summed E-state index contributed by atoms with van der Waals surface area (Å²) in [7, 11) is 0. The molecule has 5 nitrogen and oxygen atoms in total. The fraction of sp³-hybridized carbons (Fsp3) is 0.476. The molecule has 2 aromatic rings. The van der Waals surface area contributed by atoms with Gasteiger partial charge in [-0.15, -0.1) is 0 Å². The summed E-state index contributed by atoms with van der Waals surface area (Å²) in [6, 6.07) is 11.2. The lowest BCUT2D eigenvalue weighted by Gasteiger charge is -2.30. The molecular weight excluding hydrogens is 326 g/mol. The molecule has 2 fully saturated rings. The molecule has 0 bridgehead atoms. The highest BCUT2D eigenvalue weighted by Gasteiger charge is 2.37. The molecular formula is C21H25N3O2. The molecule has 1 unspecified atom stereocenters. The topological polar surface area (TPSA) is 62.3 Å². The molecule has 2 heterocycles. The molecule has 2 amide bonds. The number of likely N-dealkylation sites (tertiary alicyclic amines) is 1. The predicted octanol–water partition coefficient (Wildman–Crippen LogP) is 3.74. The number of benzene rings is 1. The molecule has 1 N–H and O–H groups in total. The SMILES string of the molecule is O=C(Nc1ccc2ccccc2n1)C1CCCN1C(=O)C1CCCCC1. The lowest BCUT2D eigenvalue weighted by Crippen LogP contribution is -2.46. The number of nitrogens with zero attached hydrogens (tertiary/aromatic N) is 2. The minimum absolute atomic E-state index is 0.107. The summed E-state index contributed by atoms with van der Waals surface area (Å²) < 4.78 is 0. The molecule has 1 aliphatic heterocycles. The van der Waals surface area contributed by atoms with Gasteiger partial charge in [-0.05, 0) is 43.9 Å². The van der Waals surface area contributed by atoms with Crippen molar-refractivity contribution in [3.8, 4) is 0 Å². The van der Waals surface area contributed by atoms with Gasteiger partial charge in [-0.2, -0.15) is 0 Å². The zero-order chi connectivity index (χ0) is 17.9. The summed E-state index contributed by atoms with van der Waals surface area (Å²) in [5.41, 5.74) is 0.854. The number of para-hydroxylation sites is 1. The van der Waals surface area contributed by atoms with Gasteiger partial charge in [0.1, 0.15) is 11.9 Å². The number of carbonyl (C=O) groups excluding carboxylic acids is 2. The third-order valence-corrected chi connectivity index (χ3v) is 5.64. The lowest BCUT2D eigenvalue weighted by molar-refractivity contribution is -0.141. The Morgan fingerprint density at radius 2 is 1.77 bits per heavy atom. The number of fused-ring (bicyclic) bond motifs is 1. The van der Waals surface area contributed by atoms with Gasteiger partial charge in [0.25, 0.3) is 0 Å². The zero-order valence-electron chi connectivity index (χ0n) is 15.0. The molecule has 1 aromatic heterocycles. The van der Waals surface area contributed by atoms with Crippen LogP contribution in [0.15, 0.2) is 36.4 Å². The number of aromatic nitrogens is 1. The van der Waals surface area contributed by atoms with E-state index in [2.05, 4.69) is 10.3 Å². The first-order valence-corrected chi connectivity index (χ1v) is 9.69. The van der Waals surface area contributed by atoms with E-state index < -0.39 is 0 Å². The predicted molar refractivity (Wildman–Crippen MR) is 102 cm³/mol. The van der Waals surface area contributed by atoms with Crippen molar-refractivity contribution in [3.05, 3.63) is 36.4 Å². The maximum absolute atomic E-state index is 12.9. The Morgan fingerprint density at radius 3 is 2.62 bits per heavy atom. The van der Waals surface area contributed by atoms with E-state index in [0.29, 0.717) is 12.4 Å². The quantitative estimate of drug-likeness (QED) is 0.916. The Balaban J connectivity index is 1.46. The molecule has 5 heteroatoms. The van der Waals surface area contributed by atoms with Crippen LogP contribution < -0.4 is 5.32 Å². The van der Waals surface area contributed by atoms with Gasteiger partial charge in [0.2, 0.25) is 11.8 Å². The Morgan fingerprint density at radius 1 is 0.962 bits per heavy atom. The summed E-state index contributed by atoms with van der Waals surface area (Å²) >= 11 is 0. The molecule has 26 heavy (non-hydrogen) atoms. The van der Waals surface area contributed by atoms with Gasteiger partial charge in [-0.1, -0.05) is 37.5 Å². The summed E-state index contributed by atoms with van der Waals surface area (Å²) in [4.78, 5) is 32.0. The number of hydrogen-bond donors (Lipinski definition) is 1. The summed E-state index contributed by atoms with van der Waals surface area (Å²) in [5, 5.41) is 3.96. The van der Waals surface area contributed by atoms with Crippen molar-refractivity contribution >= 4 is 28.5 Å². The van der Waals surface area contributed by atoms with Crippen LogP contribution in [-0.2, 0) is 9.59 Å². The fourth-order valence-electron chi connectivity index (χ4n) is 4.23. The van der Waals surface area contributed by atoms with E-state index in [9.17, 15) is 9.59 Å². The lowest BCUT2D eigenvalue weighted by atomic mass is 9.88. The monoisotopic (exact) mass is 351 g/mol. The van der Waals surface area contributed by atoms with Crippen LogP contribution in [0.3, 0.4) is 0 Å². The maximum atomic E-state index is 12.9. The summed E-state index contributed by atoms with van der Waals surface area (Å²) in [5.74, 6) is 0.713. The Labute approximate surface area is 153 Å². The maximum Gasteiger partial charge on any atom is 0.248 e. The number of pyridine rings is 1. The Kier molecular flexibility index (Phi) is 4.87. The van der Waals surface area contributed by atoms with Gasteiger partial charge in [0.05, 0.1) is 5.52 Å². The Hall–Kier alpha value is -2.43. The minimum Gasteiger partial charge on any atom is -0.330 e. The molecule has 1 saturated carbocycles. The van der Waals surface area contributed by atoms with Crippen molar-refractivity contribution in [2.75, 3.05) is 11.9 Å². The highest BCUT2D eigenvalue weighted by molar-refractivity contribution is 5.98. The molecule has 1 saturated heterocycles. The van der Waals surface area contributed by atoms with Crippen LogP contribution in [0.4, 0.5) is 5.82 Å². The van der Waals surface area contributed by atoms with Crippen molar-refractivity contribution < 1.29 is 9.59 Å². The molecule has 1 atom stereocenters. The van der Waals surface area contributed by atoms with Crippen LogP contribution in [0, 0.1) is 5.92 Å². The number of amides is 2. The molecule has 2 aliphatic rings. The summed E-state index contributed by atoms with van der Waals surface area (Å²) in [6.07, 6.45) is 7.04. The highest BCUT2D eigenvalue weighted by Crippen LogP contribution is 2.29. The van der Waals surface area contributed by atoms with E-state index >= 15 is 0 Å². The van der Waals surface area contributed by atoms with Gasteiger partial charge in [-0.3, -0.25) is 9.59 Å². The summed E-state index contributed by atoms with van der Waals surface area (Å²) in [6.45, 7) is 0.693. The van der Waals surface area contributed by atoms with Gasteiger partial charge in [0, 0.05) is 17.8 Å². The van der Waals surface area contributed by atoms with Gasteiger partial charge >= 0.3 is 0 Å². The van der Waals surface area contributed by atoms with Crippen LogP contribution in [0.2, 0.25) is 0 Å². The van der Waals surface area contributed by atoms with E-state index in [1.807, 2.05) is 41.3 Å². The number of rotatable bonds is 3. The third-order valence-electron chi connectivity index (χ3n) is 5.64. The van der Waals surface area contributed by atoms with E-state index in [0.717, 1.165) is 49.4 Å². The second-order valence-electron chi connectivity index (χ2n) is 7.40. The van der Waals surface area contributed by atoms with Crippen LogP contribution in [0.1, 0.15) is 44.9 Å².